The molecule has 0 spiro atoms. The highest BCUT2D eigenvalue weighted by Gasteiger charge is 2.21. The average Bonchev–Trinajstić information content (AvgIpc) is 3.37. The molecular formula is C27H30ClNO4. The lowest BCUT2D eigenvalue weighted by molar-refractivity contribution is -0.144. The zero-order chi connectivity index (χ0) is 23.6. The zero-order valence-corrected chi connectivity index (χ0v) is 19.5. The molecule has 1 saturated carbocycles. The maximum Gasteiger partial charge on any atom is 0.344 e. The van der Waals surface area contributed by atoms with Gasteiger partial charge in [0.25, 0.3) is 0 Å². The van der Waals surface area contributed by atoms with E-state index in [2.05, 4.69) is 0 Å². The van der Waals surface area contributed by atoms with Gasteiger partial charge in [0.05, 0.1) is 0 Å². The van der Waals surface area contributed by atoms with Crippen molar-refractivity contribution >= 4 is 17.6 Å². The van der Waals surface area contributed by atoms with Gasteiger partial charge < -0.3 is 20.3 Å². The number of hydrogen-bond acceptors (Lipinski definition) is 4. The monoisotopic (exact) mass is 467 g/mol. The van der Waals surface area contributed by atoms with Crippen LogP contribution in [0.1, 0.15) is 49.7 Å². The van der Waals surface area contributed by atoms with E-state index >= 15 is 0 Å². The Morgan fingerprint density at radius 1 is 1.03 bits per heavy atom. The van der Waals surface area contributed by atoms with E-state index in [1.54, 1.807) is 24.3 Å². The van der Waals surface area contributed by atoms with Crippen LogP contribution < -0.4 is 15.2 Å². The first kappa shape index (κ1) is 24.6. The summed E-state index contributed by atoms with van der Waals surface area (Å²) in [6, 6.07) is 22.7. The third-order valence-electron chi connectivity index (χ3n) is 5.56. The van der Waals surface area contributed by atoms with Crippen molar-refractivity contribution in [3.63, 3.8) is 0 Å². The quantitative estimate of drug-likeness (QED) is 0.400. The number of ether oxygens (including phenoxy) is 2. The molecule has 6 heteroatoms. The van der Waals surface area contributed by atoms with E-state index in [9.17, 15) is 4.79 Å². The molecule has 174 valence electrons. The van der Waals surface area contributed by atoms with Crippen LogP contribution in [0.2, 0.25) is 5.02 Å². The van der Waals surface area contributed by atoms with Crippen molar-refractivity contribution in [1.82, 2.24) is 0 Å². The molecule has 33 heavy (non-hydrogen) atoms. The number of aliphatic carboxylic acids is 1. The Kier molecular flexibility index (Phi) is 9.16. The number of carboxylic acids is 1. The summed E-state index contributed by atoms with van der Waals surface area (Å²) < 4.78 is 11.4. The second kappa shape index (κ2) is 12.3. The average molecular weight is 468 g/mol. The fourth-order valence-electron chi connectivity index (χ4n) is 3.75. The highest BCUT2D eigenvalue weighted by atomic mass is 35.5. The molecule has 1 unspecified atom stereocenters. The SMILES string of the molecule is CC(Oc1ccc(Oc2ccc(Cl)cc2C2CCCC2)cc1)C(=O)O.NCc1ccccc1. The molecule has 0 saturated heterocycles. The number of hydrogen-bond donors (Lipinski definition) is 2. The number of benzene rings is 3. The largest absolute Gasteiger partial charge is 0.479 e. The third-order valence-corrected chi connectivity index (χ3v) is 5.79. The summed E-state index contributed by atoms with van der Waals surface area (Å²) in [7, 11) is 0. The van der Waals surface area contributed by atoms with Gasteiger partial charge >= 0.3 is 5.97 Å². The predicted molar refractivity (Wildman–Crippen MR) is 131 cm³/mol. The Morgan fingerprint density at radius 3 is 2.24 bits per heavy atom. The van der Waals surface area contributed by atoms with E-state index in [1.165, 1.54) is 25.3 Å². The number of halogens is 1. The van der Waals surface area contributed by atoms with Crippen LogP contribution in [-0.2, 0) is 11.3 Å². The minimum absolute atomic E-state index is 0.493. The third kappa shape index (κ3) is 7.52. The lowest BCUT2D eigenvalue weighted by Gasteiger charge is -2.17. The summed E-state index contributed by atoms with van der Waals surface area (Å²) in [6.07, 6.45) is 3.92. The van der Waals surface area contributed by atoms with Gasteiger partial charge in [-0.15, -0.1) is 0 Å². The molecule has 3 N–H and O–H groups in total. The van der Waals surface area contributed by atoms with Crippen molar-refractivity contribution in [3.8, 4) is 17.2 Å². The van der Waals surface area contributed by atoms with Gasteiger partial charge in [0.15, 0.2) is 6.10 Å². The van der Waals surface area contributed by atoms with Gasteiger partial charge in [0, 0.05) is 11.6 Å². The van der Waals surface area contributed by atoms with Crippen LogP contribution >= 0.6 is 11.6 Å². The fourth-order valence-corrected chi connectivity index (χ4v) is 3.93. The minimum Gasteiger partial charge on any atom is -0.479 e. The van der Waals surface area contributed by atoms with Gasteiger partial charge in [-0.05, 0) is 79.3 Å². The fraction of sp³-hybridized carbons (Fsp3) is 0.296. The molecule has 5 nitrogen and oxygen atoms in total. The molecule has 0 heterocycles. The maximum absolute atomic E-state index is 10.8. The zero-order valence-electron chi connectivity index (χ0n) is 18.7. The van der Waals surface area contributed by atoms with Crippen LogP contribution in [0.25, 0.3) is 0 Å². The molecule has 4 rings (SSSR count). The van der Waals surface area contributed by atoms with Crippen LogP contribution in [-0.4, -0.2) is 17.2 Å². The highest BCUT2D eigenvalue weighted by molar-refractivity contribution is 6.30. The Bertz CT molecular complexity index is 1020. The van der Waals surface area contributed by atoms with E-state index in [0.717, 1.165) is 29.2 Å². The van der Waals surface area contributed by atoms with Crippen LogP contribution in [0.4, 0.5) is 0 Å². The van der Waals surface area contributed by atoms with Crippen molar-refractivity contribution in [2.45, 2.75) is 51.2 Å². The van der Waals surface area contributed by atoms with Gasteiger partial charge in [0.2, 0.25) is 0 Å². The lowest BCUT2D eigenvalue weighted by Crippen LogP contribution is -2.22. The molecular weight excluding hydrogens is 438 g/mol. The summed E-state index contributed by atoms with van der Waals surface area (Å²) >= 11 is 6.17. The number of nitrogens with two attached hydrogens (primary N) is 1. The summed E-state index contributed by atoms with van der Waals surface area (Å²) in [5.74, 6) is 1.49. The van der Waals surface area contributed by atoms with Crippen LogP contribution in [0.15, 0.2) is 72.8 Å². The summed E-state index contributed by atoms with van der Waals surface area (Å²) in [6.45, 7) is 2.13. The number of carboxylic acid groups (broad SMARTS) is 1. The molecule has 3 aromatic carbocycles. The van der Waals surface area contributed by atoms with Gasteiger partial charge in [-0.25, -0.2) is 4.79 Å². The summed E-state index contributed by atoms with van der Waals surface area (Å²) in [5, 5.41) is 9.61. The molecule has 0 amide bonds. The van der Waals surface area contributed by atoms with E-state index in [0.29, 0.717) is 24.0 Å². The van der Waals surface area contributed by atoms with Gasteiger partial charge in [-0.3, -0.25) is 0 Å². The Balaban J connectivity index is 0.000000323. The van der Waals surface area contributed by atoms with E-state index in [1.807, 2.05) is 48.5 Å². The second-order valence-electron chi connectivity index (χ2n) is 8.03. The van der Waals surface area contributed by atoms with E-state index in [-0.39, 0.29) is 0 Å². The van der Waals surface area contributed by atoms with Gasteiger partial charge in [-0.1, -0.05) is 54.8 Å². The molecule has 1 atom stereocenters. The van der Waals surface area contributed by atoms with Crippen molar-refractivity contribution in [2.75, 3.05) is 0 Å². The molecule has 0 aromatic heterocycles. The first-order valence-corrected chi connectivity index (χ1v) is 11.5. The Hall–Kier alpha value is -3.02. The molecule has 1 aliphatic rings. The normalized spacial score (nSPS) is 14.2. The van der Waals surface area contributed by atoms with Gasteiger partial charge in [0.1, 0.15) is 17.2 Å². The first-order valence-electron chi connectivity index (χ1n) is 11.2. The van der Waals surface area contributed by atoms with Crippen LogP contribution in [0.3, 0.4) is 0 Å². The summed E-state index contributed by atoms with van der Waals surface area (Å²) in [5.41, 5.74) is 7.69. The number of carbonyl (C=O) groups is 1. The minimum atomic E-state index is -0.998. The molecule has 3 aromatic rings. The van der Waals surface area contributed by atoms with Gasteiger partial charge in [-0.2, -0.15) is 0 Å². The van der Waals surface area contributed by atoms with E-state index in [4.69, 9.17) is 31.9 Å². The predicted octanol–water partition coefficient (Wildman–Crippen LogP) is 6.79. The topological polar surface area (TPSA) is 81.8 Å². The molecule has 0 bridgehead atoms. The second-order valence-corrected chi connectivity index (χ2v) is 8.46. The highest BCUT2D eigenvalue weighted by Crippen LogP contribution is 2.41. The van der Waals surface area contributed by atoms with Crippen LogP contribution in [0.5, 0.6) is 17.2 Å². The van der Waals surface area contributed by atoms with Crippen LogP contribution in [0, 0.1) is 0 Å². The Labute approximate surface area is 200 Å². The van der Waals surface area contributed by atoms with Crippen molar-refractivity contribution < 1.29 is 19.4 Å². The van der Waals surface area contributed by atoms with Crippen molar-refractivity contribution in [1.29, 1.82) is 0 Å². The summed E-state index contributed by atoms with van der Waals surface area (Å²) in [4.78, 5) is 10.8. The van der Waals surface area contributed by atoms with Crippen molar-refractivity contribution in [2.24, 2.45) is 5.73 Å². The molecule has 1 aliphatic carbocycles. The molecule has 0 radical (unpaired) electrons. The lowest BCUT2D eigenvalue weighted by atomic mass is 9.97. The standard InChI is InChI=1S/C20H21ClO4.C7H9N/c1-13(20(22)23)24-16-7-9-17(10-8-16)25-19-11-6-15(21)12-18(19)14-4-2-3-5-14;8-6-7-4-2-1-3-5-7/h6-14H,2-5H2,1H3,(H,22,23);1-5H,6,8H2. The first-order chi connectivity index (χ1) is 16.0. The Morgan fingerprint density at radius 2 is 1.67 bits per heavy atom. The smallest absolute Gasteiger partial charge is 0.344 e. The van der Waals surface area contributed by atoms with E-state index < -0.39 is 12.1 Å². The molecule has 1 fully saturated rings. The molecule has 0 aliphatic heterocycles. The number of rotatable bonds is 7. The maximum atomic E-state index is 10.8. The van der Waals surface area contributed by atoms with Crippen molar-refractivity contribution in [3.05, 3.63) is 88.9 Å².